The van der Waals surface area contributed by atoms with Crippen LogP contribution >= 0.6 is 11.6 Å². The second-order valence-corrected chi connectivity index (χ2v) is 7.66. The van der Waals surface area contributed by atoms with Gasteiger partial charge in [-0.3, -0.25) is 0 Å². The first-order valence-electron chi connectivity index (χ1n) is 8.40. The van der Waals surface area contributed by atoms with Gasteiger partial charge >= 0.3 is 12.1 Å². The lowest BCUT2D eigenvalue weighted by molar-refractivity contribution is 0.0491. The summed E-state index contributed by atoms with van der Waals surface area (Å²) >= 11 is 5.79. The third-order valence-electron chi connectivity index (χ3n) is 3.95. The predicted molar refractivity (Wildman–Crippen MR) is 95.2 cm³/mol. The van der Waals surface area contributed by atoms with E-state index in [0.29, 0.717) is 25.7 Å². The summed E-state index contributed by atoms with van der Waals surface area (Å²) in [6.45, 7) is 5.40. The van der Waals surface area contributed by atoms with Crippen LogP contribution in [-0.2, 0) is 4.74 Å². The third-order valence-corrected chi connectivity index (χ3v) is 4.24. The van der Waals surface area contributed by atoms with Gasteiger partial charge < -0.3 is 20.5 Å². The molecule has 3 N–H and O–H groups in total. The molecule has 1 amide bonds. The van der Waals surface area contributed by atoms with Gasteiger partial charge in [0.25, 0.3) is 0 Å². The van der Waals surface area contributed by atoms with E-state index >= 15 is 0 Å². The zero-order chi connectivity index (χ0) is 19.5. The van der Waals surface area contributed by atoms with Crippen LogP contribution in [0.1, 0.15) is 56.8 Å². The second-order valence-electron chi connectivity index (χ2n) is 7.30. The average molecular weight is 388 g/mol. The maximum Gasteiger partial charge on any atom is 0.407 e. The van der Waals surface area contributed by atoms with Crippen LogP contribution in [-0.4, -0.2) is 39.8 Å². The van der Waals surface area contributed by atoms with E-state index in [2.05, 4.69) is 15.6 Å². The van der Waals surface area contributed by atoms with Crippen molar-refractivity contribution in [3.8, 4) is 0 Å². The number of anilines is 1. The van der Waals surface area contributed by atoms with Crippen LogP contribution in [0.25, 0.3) is 0 Å². The van der Waals surface area contributed by atoms with Crippen molar-refractivity contribution in [2.45, 2.75) is 64.1 Å². The molecule has 26 heavy (non-hydrogen) atoms. The summed E-state index contributed by atoms with van der Waals surface area (Å²) < 4.78 is 19.3. The third kappa shape index (κ3) is 5.72. The Kier molecular flexibility index (Phi) is 6.28. The number of amides is 1. The summed E-state index contributed by atoms with van der Waals surface area (Å²) in [5.41, 5.74) is -0.923. The zero-order valence-electron chi connectivity index (χ0n) is 14.9. The maximum atomic E-state index is 14.0. The van der Waals surface area contributed by atoms with Crippen molar-refractivity contribution in [2.75, 3.05) is 5.32 Å². The SMILES string of the molecule is CC(C)(C)OC(=O)N[C@H]1CC[C@H](Nc2nc(Cl)c(C(=O)O)cc2F)CC1. The summed E-state index contributed by atoms with van der Waals surface area (Å²) in [5, 5.41) is 14.5. The standard InChI is InChI=1S/C17H23ClFN3O4/c1-17(2,3)26-16(25)21-10-6-4-9(5-7-10)20-14-12(19)8-11(15(23)24)13(18)22-14/h8-10H,4-7H2,1-3H3,(H,20,22)(H,21,25)(H,23,24)/t9-,10-. The van der Waals surface area contributed by atoms with Crippen molar-refractivity contribution in [1.82, 2.24) is 10.3 Å². The Hall–Kier alpha value is -2.09. The summed E-state index contributed by atoms with van der Waals surface area (Å²) in [4.78, 5) is 26.5. The summed E-state index contributed by atoms with van der Waals surface area (Å²) in [7, 11) is 0. The normalized spacial score (nSPS) is 20.3. The minimum atomic E-state index is -1.33. The van der Waals surface area contributed by atoms with Crippen LogP contribution in [0.4, 0.5) is 15.0 Å². The zero-order valence-corrected chi connectivity index (χ0v) is 15.7. The Labute approximate surface area is 156 Å². The van der Waals surface area contributed by atoms with Crippen molar-refractivity contribution in [1.29, 1.82) is 0 Å². The van der Waals surface area contributed by atoms with Gasteiger partial charge in [-0.25, -0.2) is 19.0 Å². The molecule has 0 atom stereocenters. The molecular formula is C17H23ClFN3O4. The lowest BCUT2D eigenvalue weighted by atomic mass is 9.91. The molecule has 0 aliphatic heterocycles. The highest BCUT2D eigenvalue weighted by Gasteiger charge is 2.26. The van der Waals surface area contributed by atoms with Crippen LogP contribution in [0, 0.1) is 5.82 Å². The largest absolute Gasteiger partial charge is 0.478 e. The second kappa shape index (κ2) is 8.07. The minimum absolute atomic E-state index is 0.00122. The number of hydrogen-bond acceptors (Lipinski definition) is 5. The van der Waals surface area contributed by atoms with E-state index in [1.165, 1.54) is 0 Å². The molecule has 0 spiro atoms. The molecule has 1 aromatic heterocycles. The van der Waals surface area contributed by atoms with Gasteiger partial charge in [0.2, 0.25) is 0 Å². The summed E-state index contributed by atoms with van der Waals surface area (Å²) in [5.74, 6) is -2.16. The first kappa shape index (κ1) is 20.2. The van der Waals surface area contributed by atoms with Crippen LogP contribution in [0.15, 0.2) is 6.07 Å². The quantitative estimate of drug-likeness (QED) is 0.679. The van der Waals surface area contributed by atoms with Gasteiger partial charge in [0.15, 0.2) is 11.6 Å². The van der Waals surface area contributed by atoms with E-state index in [9.17, 15) is 14.0 Å². The number of aromatic nitrogens is 1. The number of carbonyl (C=O) groups excluding carboxylic acids is 1. The highest BCUT2D eigenvalue weighted by molar-refractivity contribution is 6.32. The van der Waals surface area contributed by atoms with Gasteiger partial charge in [-0.05, 0) is 52.5 Å². The Balaban J connectivity index is 1.88. The molecule has 0 radical (unpaired) electrons. The maximum absolute atomic E-state index is 14.0. The fourth-order valence-electron chi connectivity index (χ4n) is 2.77. The summed E-state index contributed by atoms with van der Waals surface area (Å²) in [6, 6.07) is 0.814. The molecule has 0 bridgehead atoms. The Morgan fingerprint density at radius 1 is 1.27 bits per heavy atom. The van der Waals surface area contributed by atoms with E-state index in [1.54, 1.807) is 20.8 Å². The Morgan fingerprint density at radius 2 is 1.85 bits per heavy atom. The van der Waals surface area contributed by atoms with Gasteiger partial charge in [0.05, 0.1) is 5.56 Å². The number of carboxylic acid groups (broad SMARTS) is 1. The smallest absolute Gasteiger partial charge is 0.407 e. The molecule has 1 saturated carbocycles. The number of hydrogen-bond donors (Lipinski definition) is 3. The molecular weight excluding hydrogens is 365 g/mol. The number of carbonyl (C=O) groups is 2. The number of aromatic carboxylic acids is 1. The number of nitrogens with zero attached hydrogens (tertiary/aromatic N) is 1. The fraction of sp³-hybridized carbons (Fsp3) is 0.588. The highest BCUT2D eigenvalue weighted by atomic mass is 35.5. The number of halogens is 2. The van der Waals surface area contributed by atoms with Crippen molar-refractivity contribution in [2.24, 2.45) is 0 Å². The number of rotatable bonds is 4. The van der Waals surface area contributed by atoms with Crippen molar-refractivity contribution in [3.05, 3.63) is 22.6 Å². The lowest BCUT2D eigenvalue weighted by Crippen LogP contribution is -2.42. The molecule has 144 valence electrons. The van der Waals surface area contributed by atoms with Gasteiger partial charge in [0, 0.05) is 12.1 Å². The van der Waals surface area contributed by atoms with Crippen LogP contribution in [0.5, 0.6) is 0 Å². The summed E-state index contributed by atoms with van der Waals surface area (Å²) in [6.07, 6.45) is 2.36. The van der Waals surface area contributed by atoms with E-state index < -0.39 is 23.5 Å². The lowest BCUT2D eigenvalue weighted by Gasteiger charge is -2.30. The van der Waals surface area contributed by atoms with Crippen molar-refractivity contribution >= 4 is 29.5 Å². The average Bonchev–Trinajstić information content (AvgIpc) is 2.50. The molecule has 1 aliphatic rings. The van der Waals surface area contributed by atoms with Crippen molar-refractivity contribution in [3.63, 3.8) is 0 Å². The molecule has 0 aromatic carbocycles. The van der Waals surface area contributed by atoms with E-state index in [4.69, 9.17) is 21.4 Å². The molecule has 1 fully saturated rings. The predicted octanol–water partition coefficient (Wildman–Crippen LogP) is 3.82. The van der Waals surface area contributed by atoms with Gasteiger partial charge in [-0.15, -0.1) is 0 Å². The molecule has 1 heterocycles. The first-order valence-corrected chi connectivity index (χ1v) is 8.78. The topological polar surface area (TPSA) is 101 Å². The number of ether oxygens (including phenoxy) is 1. The highest BCUT2D eigenvalue weighted by Crippen LogP contribution is 2.25. The molecule has 9 heteroatoms. The fourth-order valence-corrected chi connectivity index (χ4v) is 2.99. The molecule has 0 unspecified atom stereocenters. The number of nitrogens with one attached hydrogen (secondary N) is 2. The number of alkyl carbamates (subject to hydrolysis) is 1. The molecule has 7 nitrogen and oxygen atoms in total. The van der Waals surface area contributed by atoms with E-state index in [1.807, 2.05) is 0 Å². The van der Waals surface area contributed by atoms with Crippen LogP contribution in [0.2, 0.25) is 5.15 Å². The van der Waals surface area contributed by atoms with Crippen LogP contribution < -0.4 is 10.6 Å². The van der Waals surface area contributed by atoms with E-state index in [-0.39, 0.29) is 28.6 Å². The number of carboxylic acids is 1. The molecule has 0 saturated heterocycles. The van der Waals surface area contributed by atoms with Crippen molar-refractivity contribution < 1.29 is 23.8 Å². The monoisotopic (exact) mass is 387 g/mol. The number of pyridine rings is 1. The molecule has 1 aliphatic carbocycles. The minimum Gasteiger partial charge on any atom is -0.478 e. The van der Waals surface area contributed by atoms with E-state index in [0.717, 1.165) is 6.07 Å². The van der Waals surface area contributed by atoms with Crippen LogP contribution in [0.3, 0.4) is 0 Å². The molecule has 2 rings (SSSR count). The van der Waals surface area contributed by atoms with Gasteiger partial charge in [0.1, 0.15) is 10.8 Å². The van der Waals surface area contributed by atoms with Gasteiger partial charge in [-0.2, -0.15) is 0 Å². The Bertz CT molecular complexity index is 685. The molecule has 1 aromatic rings. The Morgan fingerprint density at radius 3 is 2.38 bits per heavy atom. The van der Waals surface area contributed by atoms with Gasteiger partial charge in [-0.1, -0.05) is 11.6 Å². The first-order chi connectivity index (χ1) is 12.0.